The van der Waals surface area contributed by atoms with Gasteiger partial charge in [-0.1, -0.05) is 64.7 Å². The van der Waals surface area contributed by atoms with E-state index in [-0.39, 0.29) is 28.4 Å². The predicted octanol–water partition coefficient (Wildman–Crippen LogP) is 9.17. The minimum atomic E-state index is -0.538. The second kappa shape index (κ2) is 16.6. The summed E-state index contributed by atoms with van der Waals surface area (Å²) in [6.45, 7) is 2.51. The number of ether oxygens (including phenoxy) is 3. The minimum absolute atomic E-state index is 0.0798. The summed E-state index contributed by atoms with van der Waals surface area (Å²) < 4.78 is 17.2. The van der Waals surface area contributed by atoms with E-state index in [1.165, 1.54) is 106 Å². The normalized spacial score (nSPS) is 10.7. The standard InChI is InChI=1S/C31H36N2O8/c1-2-3-4-5-6-7-8-9-10-11-20-39-31(34)24-21-29(40-27-16-12-25(13-17-27)32(35)36)23-30(22-24)41-28-18-14-26(15-19-28)33(37)38/h12-19,21-23H,2-11,20H2,1H3. The quantitative estimate of drug-likeness (QED) is 0.0646. The van der Waals surface area contributed by atoms with Crippen molar-refractivity contribution in [2.24, 2.45) is 0 Å². The molecule has 0 atom stereocenters. The van der Waals surface area contributed by atoms with Crippen LogP contribution in [0.1, 0.15) is 81.5 Å². The summed E-state index contributed by atoms with van der Waals surface area (Å²) in [7, 11) is 0. The van der Waals surface area contributed by atoms with Crippen LogP contribution >= 0.6 is 0 Å². The number of hydrogen-bond donors (Lipinski definition) is 0. The van der Waals surface area contributed by atoms with Crippen LogP contribution in [0.15, 0.2) is 66.7 Å². The zero-order chi connectivity index (χ0) is 29.5. The zero-order valence-corrected chi connectivity index (χ0v) is 23.3. The van der Waals surface area contributed by atoms with E-state index in [1.807, 2.05) is 0 Å². The molecule has 0 saturated heterocycles. The Kier molecular flexibility index (Phi) is 12.6. The number of non-ortho nitro benzene ring substituents is 2. The van der Waals surface area contributed by atoms with Crippen molar-refractivity contribution in [1.29, 1.82) is 0 Å². The molecule has 0 unspecified atom stereocenters. The highest BCUT2D eigenvalue weighted by Crippen LogP contribution is 2.32. The van der Waals surface area contributed by atoms with Gasteiger partial charge in [-0.15, -0.1) is 0 Å². The largest absolute Gasteiger partial charge is 0.462 e. The highest BCUT2D eigenvalue weighted by molar-refractivity contribution is 5.90. The molecule has 0 saturated carbocycles. The van der Waals surface area contributed by atoms with Crippen LogP contribution < -0.4 is 9.47 Å². The molecule has 41 heavy (non-hydrogen) atoms. The van der Waals surface area contributed by atoms with Crippen molar-refractivity contribution in [3.05, 3.63) is 92.5 Å². The molecule has 0 spiro atoms. The van der Waals surface area contributed by atoms with Gasteiger partial charge < -0.3 is 14.2 Å². The van der Waals surface area contributed by atoms with Gasteiger partial charge in [-0.25, -0.2) is 4.79 Å². The minimum Gasteiger partial charge on any atom is -0.462 e. The van der Waals surface area contributed by atoms with Crippen LogP contribution in [0.25, 0.3) is 0 Å². The number of esters is 1. The van der Waals surface area contributed by atoms with Gasteiger partial charge in [0.15, 0.2) is 0 Å². The van der Waals surface area contributed by atoms with Crippen molar-refractivity contribution in [1.82, 2.24) is 0 Å². The Morgan fingerprint density at radius 3 is 1.44 bits per heavy atom. The monoisotopic (exact) mass is 564 g/mol. The first kappa shape index (κ1) is 31.1. The highest BCUT2D eigenvalue weighted by atomic mass is 16.6. The molecule has 0 fully saturated rings. The summed E-state index contributed by atoms with van der Waals surface area (Å²) in [5.74, 6) is 0.623. The fourth-order valence-corrected chi connectivity index (χ4v) is 4.19. The van der Waals surface area contributed by atoms with Crippen molar-refractivity contribution < 1.29 is 28.9 Å². The first-order chi connectivity index (χ1) is 19.9. The molecule has 10 heteroatoms. The molecule has 0 N–H and O–H groups in total. The average molecular weight is 565 g/mol. The number of benzene rings is 3. The van der Waals surface area contributed by atoms with Gasteiger partial charge in [0.05, 0.1) is 22.0 Å². The van der Waals surface area contributed by atoms with E-state index in [0.29, 0.717) is 18.1 Å². The number of nitro benzene ring substituents is 2. The Labute approximate surface area is 239 Å². The van der Waals surface area contributed by atoms with Gasteiger partial charge in [0.2, 0.25) is 0 Å². The molecular formula is C31H36N2O8. The van der Waals surface area contributed by atoms with Crippen LogP contribution in [-0.4, -0.2) is 22.4 Å². The van der Waals surface area contributed by atoms with Crippen LogP contribution in [0.3, 0.4) is 0 Å². The summed E-state index contributed by atoms with van der Waals surface area (Å²) in [6.07, 6.45) is 11.7. The lowest BCUT2D eigenvalue weighted by Gasteiger charge is -2.12. The Balaban J connectivity index is 1.61. The Morgan fingerprint density at radius 1 is 0.610 bits per heavy atom. The lowest BCUT2D eigenvalue weighted by molar-refractivity contribution is -0.385. The average Bonchev–Trinajstić information content (AvgIpc) is 2.96. The molecular weight excluding hydrogens is 528 g/mol. The molecule has 0 aliphatic carbocycles. The van der Waals surface area contributed by atoms with Crippen LogP contribution in [-0.2, 0) is 4.74 Å². The number of nitrogens with zero attached hydrogens (tertiary/aromatic N) is 2. The third-order valence-electron chi connectivity index (χ3n) is 6.41. The van der Waals surface area contributed by atoms with Gasteiger partial charge in [0.1, 0.15) is 23.0 Å². The molecule has 0 aromatic heterocycles. The van der Waals surface area contributed by atoms with Gasteiger partial charge in [-0.05, 0) is 42.8 Å². The predicted molar refractivity (Wildman–Crippen MR) is 155 cm³/mol. The molecule has 0 bridgehead atoms. The van der Waals surface area contributed by atoms with Crippen LogP contribution in [0.4, 0.5) is 11.4 Å². The molecule has 0 aliphatic rings. The Morgan fingerprint density at radius 2 is 1.02 bits per heavy atom. The fraction of sp³-hybridized carbons (Fsp3) is 0.387. The first-order valence-electron chi connectivity index (χ1n) is 14.0. The summed E-state index contributed by atoms with van der Waals surface area (Å²) >= 11 is 0. The van der Waals surface area contributed by atoms with Gasteiger partial charge in [0.25, 0.3) is 11.4 Å². The maximum absolute atomic E-state index is 12.9. The summed E-state index contributed by atoms with van der Waals surface area (Å²) in [5.41, 5.74) is 0.0427. The van der Waals surface area contributed by atoms with Crippen molar-refractivity contribution in [3.8, 4) is 23.0 Å². The number of carbonyl (C=O) groups is 1. The van der Waals surface area contributed by atoms with Crippen molar-refractivity contribution >= 4 is 17.3 Å². The van der Waals surface area contributed by atoms with Crippen LogP contribution in [0, 0.1) is 20.2 Å². The molecule has 218 valence electrons. The Hall–Kier alpha value is -4.47. The van der Waals surface area contributed by atoms with E-state index in [9.17, 15) is 25.0 Å². The SMILES string of the molecule is CCCCCCCCCCCCOC(=O)c1cc(Oc2ccc([N+](=O)[O-])cc2)cc(Oc2ccc([N+](=O)[O-])cc2)c1. The summed E-state index contributed by atoms with van der Waals surface area (Å²) in [4.78, 5) is 33.7. The highest BCUT2D eigenvalue weighted by Gasteiger charge is 2.14. The number of nitro groups is 2. The summed E-state index contributed by atoms with van der Waals surface area (Å²) in [5, 5.41) is 21.9. The van der Waals surface area contributed by atoms with Crippen LogP contribution in [0.2, 0.25) is 0 Å². The number of unbranched alkanes of at least 4 members (excludes halogenated alkanes) is 9. The lowest BCUT2D eigenvalue weighted by atomic mass is 10.1. The van der Waals surface area contributed by atoms with Gasteiger partial charge in [0, 0.05) is 30.3 Å². The number of rotatable bonds is 18. The molecule has 0 aliphatic heterocycles. The maximum Gasteiger partial charge on any atom is 0.338 e. The Bertz CT molecular complexity index is 1200. The van der Waals surface area contributed by atoms with Crippen molar-refractivity contribution in [2.45, 2.75) is 71.1 Å². The number of carbonyl (C=O) groups excluding carboxylic acids is 1. The second-order valence-corrected chi connectivity index (χ2v) is 9.72. The van der Waals surface area contributed by atoms with E-state index in [4.69, 9.17) is 14.2 Å². The summed E-state index contributed by atoms with van der Waals surface area (Å²) in [6, 6.07) is 15.6. The van der Waals surface area contributed by atoms with Crippen molar-refractivity contribution in [2.75, 3.05) is 6.61 Å². The van der Waals surface area contributed by atoms with Gasteiger partial charge >= 0.3 is 5.97 Å². The molecule has 0 radical (unpaired) electrons. The maximum atomic E-state index is 12.9. The van der Waals surface area contributed by atoms with Crippen LogP contribution in [0.5, 0.6) is 23.0 Å². The molecule has 3 aromatic carbocycles. The van der Waals surface area contributed by atoms with Gasteiger partial charge in [-0.3, -0.25) is 20.2 Å². The zero-order valence-electron chi connectivity index (χ0n) is 23.3. The molecule has 10 nitrogen and oxygen atoms in total. The van der Waals surface area contributed by atoms with E-state index in [0.717, 1.165) is 19.3 Å². The van der Waals surface area contributed by atoms with E-state index < -0.39 is 15.8 Å². The third kappa shape index (κ3) is 10.9. The van der Waals surface area contributed by atoms with Crippen molar-refractivity contribution in [3.63, 3.8) is 0 Å². The molecule has 0 amide bonds. The first-order valence-corrected chi connectivity index (χ1v) is 14.0. The molecule has 0 heterocycles. The van der Waals surface area contributed by atoms with E-state index in [2.05, 4.69) is 6.92 Å². The van der Waals surface area contributed by atoms with E-state index in [1.54, 1.807) is 6.07 Å². The fourth-order valence-electron chi connectivity index (χ4n) is 4.19. The third-order valence-corrected chi connectivity index (χ3v) is 6.41. The lowest BCUT2D eigenvalue weighted by Crippen LogP contribution is -2.07. The number of hydrogen-bond acceptors (Lipinski definition) is 8. The van der Waals surface area contributed by atoms with E-state index >= 15 is 0 Å². The smallest absolute Gasteiger partial charge is 0.338 e. The topological polar surface area (TPSA) is 131 Å². The van der Waals surface area contributed by atoms with Gasteiger partial charge in [-0.2, -0.15) is 0 Å². The molecule has 3 rings (SSSR count). The molecule has 3 aromatic rings. The second-order valence-electron chi connectivity index (χ2n) is 9.72.